The third-order valence-electron chi connectivity index (χ3n) is 3.26. The highest BCUT2D eigenvalue weighted by molar-refractivity contribution is 5.94. The summed E-state index contributed by atoms with van der Waals surface area (Å²) in [5, 5.41) is 14.7. The quantitative estimate of drug-likeness (QED) is 0.478. The highest BCUT2D eigenvalue weighted by Crippen LogP contribution is 2.18. The normalized spacial score (nSPS) is 26.5. The third kappa shape index (κ3) is 2.55. The van der Waals surface area contributed by atoms with Crippen LogP contribution in [0.2, 0.25) is 0 Å². The van der Waals surface area contributed by atoms with Gasteiger partial charge in [0.1, 0.15) is 0 Å². The van der Waals surface area contributed by atoms with Gasteiger partial charge in [0, 0.05) is 24.7 Å². The molecule has 92 valence electrons. The van der Waals surface area contributed by atoms with Crippen molar-refractivity contribution in [1.29, 1.82) is 0 Å². The molecule has 0 aromatic heterocycles. The maximum atomic E-state index is 11.8. The van der Waals surface area contributed by atoms with Crippen LogP contribution in [0.5, 0.6) is 0 Å². The lowest BCUT2D eigenvalue weighted by Gasteiger charge is -2.22. The number of carboxylic acid groups (broad SMARTS) is 1. The number of amides is 1. The first-order chi connectivity index (χ1) is 8.08. The molecule has 1 fully saturated rings. The monoisotopic (exact) mass is 236 g/mol. The molecule has 0 spiro atoms. The van der Waals surface area contributed by atoms with Crippen molar-refractivity contribution < 1.29 is 14.7 Å². The van der Waals surface area contributed by atoms with Gasteiger partial charge in [-0.3, -0.25) is 9.59 Å². The van der Waals surface area contributed by atoms with Gasteiger partial charge in [0.2, 0.25) is 5.91 Å². The Morgan fingerprint density at radius 2 is 2.12 bits per heavy atom. The average molecular weight is 236 g/mol. The fraction of sp³-hybridized carbons (Fsp3) is 0.500. The lowest BCUT2D eigenvalue weighted by molar-refractivity contribution is -0.140. The van der Waals surface area contributed by atoms with Crippen molar-refractivity contribution in [3.63, 3.8) is 0 Å². The van der Waals surface area contributed by atoms with Gasteiger partial charge in [-0.05, 0) is 18.9 Å². The Balaban J connectivity index is 1.89. The molecule has 1 amide bonds. The van der Waals surface area contributed by atoms with E-state index in [1.54, 1.807) is 19.1 Å². The van der Waals surface area contributed by atoms with E-state index in [1.165, 1.54) is 0 Å². The van der Waals surface area contributed by atoms with Gasteiger partial charge in [-0.25, -0.2) is 0 Å². The molecule has 1 saturated heterocycles. The van der Waals surface area contributed by atoms with Crippen LogP contribution in [0, 0.1) is 5.92 Å². The second-order valence-corrected chi connectivity index (χ2v) is 4.48. The molecular formula is C12H16N2O3. The van der Waals surface area contributed by atoms with Crippen molar-refractivity contribution in [2.45, 2.75) is 19.4 Å². The Kier molecular flexibility index (Phi) is 3.28. The molecule has 2 unspecified atom stereocenters. The van der Waals surface area contributed by atoms with E-state index in [0.717, 1.165) is 24.2 Å². The minimum Gasteiger partial charge on any atom is -0.481 e. The maximum absolute atomic E-state index is 11.8. The molecular weight excluding hydrogens is 220 g/mol. The van der Waals surface area contributed by atoms with Gasteiger partial charge in [0.25, 0.3) is 0 Å². The summed E-state index contributed by atoms with van der Waals surface area (Å²) in [4.78, 5) is 22.6. The van der Waals surface area contributed by atoms with E-state index in [1.807, 2.05) is 0 Å². The lowest BCUT2D eigenvalue weighted by Crippen LogP contribution is -2.39. The second-order valence-electron chi connectivity index (χ2n) is 4.48. The number of rotatable bonds is 3. The highest BCUT2D eigenvalue weighted by atomic mass is 16.4. The largest absolute Gasteiger partial charge is 0.481 e. The van der Waals surface area contributed by atoms with Crippen molar-refractivity contribution in [3.8, 4) is 0 Å². The molecule has 0 bridgehead atoms. The molecule has 0 aromatic rings. The minimum atomic E-state index is -0.837. The Morgan fingerprint density at radius 3 is 2.59 bits per heavy atom. The minimum absolute atomic E-state index is 0.0952. The number of hydrogen-bond acceptors (Lipinski definition) is 3. The molecule has 0 radical (unpaired) electrons. The first-order valence-corrected chi connectivity index (χ1v) is 5.69. The molecule has 1 aliphatic carbocycles. The van der Waals surface area contributed by atoms with Gasteiger partial charge in [-0.2, -0.15) is 0 Å². The molecule has 2 aliphatic rings. The number of carbonyl (C=O) groups excluding carboxylic acids is 1. The van der Waals surface area contributed by atoms with Gasteiger partial charge in [0.05, 0.1) is 5.92 Å². The molecule has 0 saturated carbocycles. The number of aliphatic carboxylic acids is 1. The zero-order valence-electron chi connectivity index (χ0n) is 9.69. The SMILES string of the molecule is CC(C(=O)NC1C=CC(C(=O)O)C1)=C1CNC1. The molecule has 2 atom stereocenters. The van der Waals surface area contributed by atoms with E-state index in [-0.39, 0.29) is 11.9 Å². The summed E-state index contributed by atoms with van der Waals surface area (Å²) in [6, 6.07) is -0.160. The van der Waals surface area contributed by atoms with Crippen molar-refractivity contribution in [1.82, 2.24) is 10.6 Å². The summed E-state index contributed by atoms with van der Waals surface area (Å²) in [7, 11) is 0. The van der Waals surface area contributed by atoms with Crippen molar-refractivity contribution in [2.24, 2.45) is 5.92 Å². The van der Waals surface area contributed by atoms with E-state index in [2.05, 4.69) is 10.6 Å². The van der Waals surface area contributed by atoms with E-state index in [0.29, 0.717) is 6.42 Å². The van der Waals surface area contributed by atoms with Crippen molar-refractivity contribution in [2.75, 3.05) is 13.1 Å². The molecule has 5 nitrogen and oxygen atoms in total. The van der Waals surface area contributed by atoms with E-state index in [4.69, 9.17) is 5.11 Å². The van der Waals surface area contributed by atoms with Crippen LogP contribution in [0.3, 0.4) is 0 Å². The predicted octanol–water partition coefficient (Wildman–Crippen LogP) is 0.0516. The number of carbonyl (C=O) groups is 2. The molecule has 1 aliphatic heterocycles. The Labute approximate surface area is 99.6 Å². The van der Waals surface area contributed by atoms with Crippen LogP contribution >= 0.6 is 0 Å². The van der Waals surface area contributed by atoms with Crippen molar-refractivity contribution >= 4 is 11.9 Å². The van der Waals surface area contributed by atoms with Crippen LogP contribution in [-0.2, 0) is 9.59 Å². The van der Waals surface area contributed by atoms with Crippen LogP contribution in [-0.4, -0.2) is 36.1 Å². The third-order valence-corrected chi connectivity index (χ3v) is 3.26. The zero-order valence-corrected chi connectivity index (χ0v) is 9.69. The lowest BCUT2D eigenvalue weighted by atomic mass is 10.0. The summed E-state index contributed by atoms with van der Waals surface area (Å²) in [5.41, 5.74) is 1.87. The van der Waals surface area contributed by atoms with Gasteiger partial charge < -0.3 is 15.7 Å². The molecule has 5 heteroatoms. The zero-order chi connectivity index (χ0) is 12.4. The van der Waals surface area contributed by atoms with Crippen molar-refractivity contribution in [3.05, 3.63) is 23.3 Å². The van der Waals surface area contributed by atoms with Gasteiger partial charge in [-0.1, -0.05) is 12.2 Å². The fourth-order valence-corrected chi connectivity index (χ4v) is 1.94. The average Bonchev–Trinajstić information content (AvgIpc) is 2.63. The van der Waals surface area contributed by atoms with E-state index < -0.39 is 11.9 Å². The number of hydrogen-bond donors (Lipinski definition) is 3. The summed E-state index contributed by atoms with van der Waals surface area (Å²) >= 11 is 0. The van der Waals surface area contributed by atoms with Crippen LogP contribution in [0.25, 0.3) is 0 Å². The Morgan fingerprint density at radius 1 is 1.41 bits per heavy atom. The number of carboxylic acids is 1. The van der Waals surface area contributed by atoms with Crippen LogP contribution in [0.15, 0.2) is 23.3 Å². The van der Waals surface area contributed by atoms with E-state index >= 15 is 0 Å². The van der Waals surface area contributed by atoms with Crippen LogP contribution in [0.4, 0.5) is 0 Å². The first-order valence-electron chi connectivity index (χ1n) is 5.69. The molecule has 0 aromatic carbocycles. The summed E-state index contributed by atoms with van der Waals surface area (Å²) < 4.78 is 0. The fourth-order valence-electron chi connectivity index (χ4n) is 1.94. The van der Waals surface area contributed by atoms with E-state index in [9.17, 15) is 9.59 Å². The summed E-state index contributed by atoms with van der Waals surface area (Å²) in [5.74, 6) is -1.41. The van der Waals surface area contributed by atoms with Crippen LogP contribution in [0.1, 0.15) is 13.3 Å². The predicted molar refractivity (Wildman–Crippen MR) is 62.4 cm³/mol. The van der Waals surface area contributed by atoms with Gasteiger partial charge >= 0.3 is 5.97 Å². The molecule has 1 heterocycles. The Bertz CT molecular complexity index is 406. The smallest absolute Gasteiger partial charge is 0.310 e. The summed E-state index contributed by atoms with van der Waals surface area (Å²) in [6.45, 7) is 3.36. The molecule has 3 N–H and O–H groups in total. The van der Waals surface area contributed by atoms with Crippen LogP contribution < -0.4 is 10.6 Å². The number of nitrogens with one attached hydrogen (secondary N) is 2. The maximum Gasteiger partial charge on any atom is 0.310 e. The first kappa shape index (κ1) is 11.9. The summed E-state index contributed by atoms with van der Waals surface area (Å²) in [6.07, 6.45) is 3.84. The second kappa shape index (κ2) is 4.71. The molecule has 17 heavy (non-hydrogen) atoms. The highest BCUT2D eigenvalue weighted by Gasteiger charge is 2.26. The topological polar surface area (TPSA) is 78.4 Å². The standard InChI is InChI=1S/C12H16N2O3/c1-7(9-5-13-6-9)11(15)14-10-3-2-8(4-10)12(16)17/h2-3,8,10,13H,4-6H2,1H3,(H,14,15)(H,16,17). The van der Waals surface area contributed by atoms with Gasteiger partial charge in [-0.15, -0.1) is 0 Å². The molecule has 2 rings (SSSR count). The Hall–Kier alpha value is -1.62. The van der Waals surface area contributed by atoms with Gasteiger partial charge in [0.15, 0.2) is 0 Å².